The number of benzene rings is 1. The number of hydrogen-bond acceptors (Lipinski definition) is 5. The molecular formula is C15H15NO4S. The zero-order valence-electron chi connectivity index (χ0n) is 11.2. The molecule has 0 aliphatic rings. The van der Waals surface area contributed by atoms with Gasteiger partial charge in [-0.25, -0.2) is 4.79 Å². The van der Waals surface area contributed by atoms with Crippen LogP contribution in [-0.4, -0.2) is 30.1 Å². The molecular weight excluding hydrogens is 290 g/mol. The van der Waals surface area contributed by atoms with Crippen molar-refractivity contribution in [2.24, 2.45) is 0 Å². The summed E-state index contributed by atoms with van der Waals surface area (Å²) < 4.78 is 4.85. The van der Waals surface area contributed by atoms with E-state index < -0.39 is 5.97 Å². The second kappa shape index (κ2) is 7.44. The third kappa shape index (κ3) is 4.61. The SMILES string of the molecule is O=C(COC(=O)c1ccccc1O)NCCc1cccs1. The molecule has 0 spiro atoms. The van der Waals surface area contributed by atoms with Gasteiger partial charge in [0.2, 0.25) is 0 Å². The Morgan fingerprint density at radius 1 is 1.19 bits per heavy atom. The summed E-state index contributed by atoms with van der Waals surface area (Å²) in [5.41, 5.74) is 0.0453. The molecule has 5 nitrogen and oxygen atoms in total. The molecule has 1 heterocycles. The number of rotatable bonds is 6. The number of carbonyl (C=O) groups excluding carboxylic acids is 2. The Bertz CT molecular complexity index is 610. The van der Waals surface area contributed by atoms with E-state index in [4.69, 9.17) is 4.74 Å². The number of phenolic OH excluding ortho intramolecular Hbond substituents is 1. The molecule has 0 fully saturated rings. The lowest BCUT2D eigenvalue weighted by Crippen LogP contribution is -2.30. The normalized spacial score (nSPS) is 10.1. The van der Waals surface area contributed by atoms with Crippen LogP contribution in [-0.2, 0) is 16.0 Å². The van der Waals surface area contributed by atoms with Gasteiger partial charge in [0.25, 0.3) is 5.91 Å². The lowest BCUT2D eigenvalue weighted by atomic mass is 10.2. The van der Waals surface area contributed by atoms with Crippen LogP contribution in [0.4, 0.5) is 0 Å². The molecule has 0 saturated carbocycles. The number of para-hydroxylation sites is 1. The van der Waals surface area contributed by atoms with Crippen molar-refractivity contribution >= 4 is 23.2 Å². The standard InChI is InChI=1S/C15H15NO4S/c17-13-6-2-1-5-12(13)15(19)20-10-14(18)16-8-7-11-4-3-9-21-11/h1-6,9,17H,7-8,10H2,(H,16,18). The predicted molar refractivity (Wildman–Crippen MR) is 79.4 cm³/mol. The Labute approximate surface area is 126 Å². The molecule has 1 aromatic heterocycles. The number of amides is 1. The van der Waals surface area contributed by atoms with Crippen molar-refractivity contribution in [1.82, 2.24) is 5.32 Å². The van der Waals surface area contributed by atoms with Crippen molar-refractivity contribution in [3.63, 3.8) is 0 Å². The number of aromatic hydroxyl groups is 1. The van der Waals surface area contributed by atoms with Crippen molar-refractivity contribution in [1.29, 1.82) is 0 Å². The molecule has 0 radical (unpaired) electrons. The first kappa shape index (κ1) is 15.1. The Kier molecular flexibility index (Phi) is 5.34. The van der Waals surface area contributed by atoms with Crippen LogP contribution in [0.25, 0.3) is 0 Å². The fraction of sp³-hybridized carbons (Fsp3) is 0.200. The van der Waals surface area contributed by atoms with Crippen molar-refractivity contribution in [3.8, 4) is 5.75 Å². The molecule has 0 saturated heterocycles. The van der Waals surface area contributed by atoms with E-state index in [-0.39, 0.29) is 23.8 Å². The summed E-state index contributed by atoms with van der Waals surface area (Å²) in [5.74, 6) is -1.25. The molecule has 2 rings (SSSR count). The maximum Gasteiger partial charge on any atom is 0.342 e. The second-order valence-corrected chi connectivity index (χ2v) is 5.30. The Balaban J connectivity index is 1.71. The molecule has 0 aliphatic carbocycles. The van der Waals surface area contributed by atoms with Crippen molar-refractivity contribution in [3.05, 3.63) is 52.2 Å². The lowest BCUT2D eigenvalue weighted by Gasteiger charge is -2.07. The molecule has 6 heteroatoms. The minimum Gasteiger partial charge on any atom is -0.507 e. The smallest absolute Gasteiger partial charge is 0.342 e. The number of nitrogens with one attached hydrogen (secondary N) is 1. The van der Waals surface area contributed by atoms with Crippen molar-refractivity contribution in [2.75, 3.05) is 13.2 Å². The van der Waals surface area contributed by atoms with Crippen LogP contribution < -0.4 is 5.32 Å². The minimum absolute atomic E-state index is 0.0453. The van der Waals surface area contributed by atoms with Crippen LogP contribution >= 0.6 is 11.3 Å². The van der Waals surface area contributed by atoms with E-state index in [0.717, 1.165) is 6.42 Å². The summed E-state index contributed by atoms with van der Waals surface area (Å²) in [4.78, 5) is 24.4. The first-order valence-corrected chi connectivity index (χ1v) is 7.29. The van der Waals surface area contributed by atoms with Crippen molar-refractivity contribution in [2.45, 2.75) is 6.42 Å². The van der Waals surface area contributed by atoms with Gasteiger partial charge in [0.15, 0.2) is 6.61 Å². The number of esters is 1. The maximum atomic E-state index is 11.7. The van der Waals surface area contributed by atoms with Crippen LogP contribution in [0, 0.1) is 0 Å². The molecule has 0 atom stereocenters. The van der Waals surface area contributed by atoms with Crippen molar-refractivity contribution < 1.29 is 19.4 Å². The van der Waals surface area contributed by atoms with Gasteiger partial charge in [-0.15, -0.1) is 11.3 Å². The summed E-state index contributed by atoms with van der Waals surface area (Å²) in [5, 5.41) is 14.1. The van der Waals surface area contributed by atoms with Crippen LogP contribution in [0.15, 0.2) is 41.8 Å². The van der Waals surface area contributed by atoms with Gasteiger partial charge in [-0.3, -0.25) is 4.79 Å². The third-order valence-electron chi connectivity index (χ3n) is 2.73. The molecule has 0 bridgehead atoms. The van der Waals surface area contributed by atoms with Gasteiger partial charge >= 0.3 is 5.97 Å². The highest BCUT2D eigenvalue weighted by Gasteiger charge is 2.13. The van der Waals surface area contributed by atoms with E-state index >= 15 is 0 Å². The lowest BCUT2D eigenvalue weighted by molar-refractivity contribution is -0.124. The van der Waals surface area contributed by atoms with Crippen LogP contribution in [0.5, 0.6) is 5.75 Å². The molecule has 110 valence electrons. The summed E-state index contributed by atoms with van der Waals surface area (Å²) in [6.45, 7) is 0.130. The Morgan fingerprint density at radius 3 is 2.71 bits per heavy atom. The highest BCUT2D eigenvalue weighted by molar-refractivity contribution is 7.09. The van der Waals surface area contributed by atoms with Gasteiger partial charge in [0.05, 0.1) is 0 Å². The molecule has 0 unspecified atom stereocenters. The summed E-state index contributed by atoms with van der Waals surface area (Å²) in [6.07, 6.45) is 0.747. The average molecular weight is 305 g/mol. The Hall–Kier alpha value is -2.34. The minimum atomic E-state index is -0.721. The largest absolute Gasteiger partial charge is 0.507 e. The van der Waals surface area contributed by atoms with Gasteiger partial charge in [-0.2, -0.15) is 0 Å². The highest BCUT2D eigenvalue weighted by Crippen LogP contribution is 2.16. The van der Waals surface area contributed by atoms with Crippen LogP contribution in [0.2, 0.25) is 0 Å². The number of hydrogen-bond donors (Lipinski definition) is 2. The zero-order chi connectivity index (χ0) is 15.1. The van der Waals surface area contributed by atoms with E-state index in [1.807, 2.05) is 17.5 Å². The molecule has 1 amide bonds. The topological polar surface area (TPSA) is 75.6 Å². The summed E-state index contributed by atoms with van der Waals surface area (Å²) in [7, 11) is 0. The molecule has 2 aromatic rings. The second-order valence-electron chi connectivity index (χ2n) is 4.27. The van der Waals surface area contributed by atoms with E-state index in [1.165, 1.54) is 17.0 Å². The number of carbonyl (C=O) groups is 2. The molecule has 21 heavy (non-hydrogen) atoms. The van der Waals surface area contributed by atoms with Gasteiger partial charge in [-0.05, 0) is 30.0 Å². The van der Waals surface area contributed by atoms with E-state index in [9.17, 15) is 14.7 Å². The first-order chi connectivity index (χ1) is 10.2. The first-order valence-electron chi connectivity index (χ1n) is 6.41. The van der Waals surface area contributed by atoms with Gasteiger partial charge in [-0.1, -0.05) is 18.2 Å². The van der Waals surface area contributed by atoms with E-state index in [1.54, 1.807) is 23.5 Å². The fourth-order valence-electron chi connectivity index (χ4n) is 1.69. The highest BCUT2D eigenvalue weighted by atomic mass is 32.1. The van der Waals surface area contributed by atoms with Gasteiger partial charge in [0.1, 0.15) is 11.3 Å². The van der Waals surface area contributed by atoms with Gasteiger partial charge < -0.3 is 15.2 Å². The average Bonchev–Trinajstić information content (AvgIpc) is 2.98. The summed E-state index contributed by atoms with van der Waals surface area (Å²) in [6, 6.07) is 9.98. The number of ether oxygens (including phenoxy) is 1. The third-order valence-corrected chi connectivity index (χ3v) is 3.67. The van der Waals surface area contributed by atoms with E-state index in [0.29, 0.717) is 6.54 Å². The van der Waals surface area contributed by atoms with E-state index in [2.05, 4.69) is 5.32 Å². The zero-order valence-corrected chi connectivity index (χ0v) is 12.1. The monoisotopic (exact) mass is 305 g/mol. The summed E-state index contributed by atoms with van der Waals surface area (Å²) >= 11 is 1.63. The quantitative estimate of drug-likeness (QED) is 0.800. The van der Waals surface area contributed by atoms with Gasteiger partial charge in [0, 0.05) is 11.4 Å². The molecule has 1 aromatic carbocycles. The predicted octanol–water partition coefficient (Wildman–Crippen LogP) is 1.97. The van der Waals surface area contributed by atoms with Crippen LogP contribution in [0.3, 0.4) is 0 Å². The Morgan fingerprint density at radius 2 is 2.00 bits per heavy atom. The number of thiophene rings is 1. The maximum absolute atomic E-state index is 11.7. The molecule has 2 N–H and O–H groups in total. The fourth-order valence-corrected chi connectivity index (χ4v) is 2.40. The number of phenols is 1. The molecule has 0 aliphatic heterocycles. The van der Waals surface area contributed by atoms with Crippen LogP contribution in [0.1, 0.15) is 15.2 Å².